The highest BCUT2D eigenvalue weighted by atomic mass is 35.5. The molecule has 6 nitrogen and oxygen atoms in total. The number of aryl methyl sites for hydroxylation is 1. The first-order valence-electron chi connectivity index (χ1n) is 11.3. The van der Waals surface area contributed by atoms with Crippen molar-refractivity contribution < 1.29 is 21.2 Å². The monoisotopic (exact) mass is 606 g/mol. The van der Waals surface area contributed by atoms with E-state index < -0.39 is 31.9 Å². The number of unbranched alkanes of at least 4 members (excludes halogenated alkanes) is 1. The van der Waals surface area contributed by atoms with Gasteiger partial charge in [-0.15, -0.1) is 0 Å². The maximum atomic E-state index is 14.3. The largest absolute Gasteiger partial charge is 0.264 e. The van der Waals surface area contributed by atoms with E-state index in [9.17, 15) is 21.2 Å². The van der Waals surface area contributed by atoms with Crippen LogP contribution >= 0.6 is 34.8 Å². The molecule has 0 aliphatic heterocycles. The summed E-state index contributed by atoms with van der Waals surface area (Å²) in [5.74, 6) is -0.555. The van der Waals surface area contributed by atoms with E-state index in [1.165, 1.54) is 61.6 Å². The molecule has 0 spiro atoms. The van der Waals surface area contributed by atoms with E-state index >= 15 is 0 Å². The molecule has 3 aromatic rings. The second-order valence-electron chi connectivity index (χ2n) is 8.35. The lowest BCUT2D eigenvalue weighted by molar-refractivity contribution is 0.578. The van der Waals surface area contributed by atoms with Crippen LogP contribution in [-0.2, 0) is 26.5 Å². The molecule has 0 radical (unpaired) electrons. The number of halogens is 4. The Bertz CT molecular complexity index is 1470. The van der Waals surface area contributed by atoms with E-state index in [2.05, 4.69) is 4.72 Å². The summed E-state index contributed by atoms with van der Waals surface area (Å²) in [5, 5.41) is 0.822. The summed E-state index contributed by atoms with van der Waals surface area (Å²) in [6, 6.07) is 13.5. The quantitative estimate of drug-likeness (QED) is 0.249. The summed E-state index contributed by atoms with van der Waals surface area (Å²) in [6.45, 7) is 1.67. The van der Waals surface area contributed by atoms with Gasteiger partial charge in [0, 0.05) is 10.0 Å². The van der Waals surface area contributed by atoms with Gasteiger partial charge in [0.2, 0.25) is 10.0 Å². The molecule has 0 fully saturated rings. The van der Waals surface area contributed by atoms with Crippen LogP contribution in [0.3, 0.4) is 0 Å². The molecule has 0 saturated heterocycles. The van der Waals surface area contributed by atoms with E-state index in [-0.39, 0.29) is 26.4 Å². The summed E-state index contributed by atoms with van der Waals surface area (Å²) in [4.78, 5) is -0.0132. The van der Waals surface area contributed by atoms with Crippen molar-refractivity contribution in [3.63, 3.8) is 0 Å². The SMILES string of the molecule is CNS(=O)(=O)CCCCc1cc(F)ccc1C(C)N(c1cc(Cl)ccc1Cl)S(=O)(=O)c1ccc(Cl)cc1. The molecule has 37 heavy (non-hydrogen) atoms. The lowest BCUT2D eigenvalue weighted by atomic mass is 9.97. The van der Waals surface area contributed by atoms with Crippen molar-refractivity contribution in [1.82, 2.24) is 4.72 Å². The molecule has 0 bridgehead atoms. The molecule has 12 heteroatoms. The van der Waals surface area contributed by atoms with Crippen molar-refractivity contribution in [3.05, 3.63) is 92.7 Å². The van der Waals surface area contributed by atoms with E-state index in [1.807, 2.05) is 0 Å². The molecule has 200 valence electrons. The van der Waals surface area contributed by atoms with E-state index in [1.54, 1.807) is 13.0 Å². The highest BCUT2D eigenvalue weighted by molar-refractivity contribution is 7.92. The lowest BCUT2D eigenvalue weighted by Crippen LogP contribution is -2.34. The zero-order chi connectivity index (χ0) is 27.4. The van der Waals surface area contributed by atoms with Crippen molar-refractivity contribution in [1.29, 1.82) is 0 Å². The molecule has 1 N–H and O–H groups in total. The zero-order valence-corrected chi connectivity index (χ0v) is 24.0. The lowest BCUT2D eigenvalue weighted by Gasteiger charge is -2.33. The second kappa shape index (κ2) is 12.3. The van der Waals surface area contributed by atoms with Crippen molar-refractivity contribution in [2.75, 3.05) is 17.1 Å². The van der Waals surface area contributed by atoms with Crippen LogP contribution in [0.25, 0.3) is 0 Å². The minimum absolute atomic E-state index is 0.0132. The van der Waals surface area contributed by atoms with Gasteiger partial charge in [-0.3, -0.25) is 4.31 Å². The highest BCUT2D eigenvalue weighted by Crippen LogP contribution is 2.40. The van der Waals surface area contributed by atoms with E-state index in [0.29, 0.717) is 35.4 Å². The number of sulfonamides is 2. The van der Waals surface area contributed by atoms with Crippen LogP contribution in [0.15, 0.2) is 65.6 Å². The first-order valence-corrected chi connectivity index (χ1v) is 15.5. The third-order valence-corrected chi connectivity index (χ3v) is 10.00. The number of hydrogen-bond donors (Lipinski definition) is 1. The predicted molar refractivity (Wildman–Crippen MR) is 148 cm³/mol. The third kappa shape index (κ3) is 7.37. The molecule has 1 atom stereocenters. The normalized spacial score (nSPS) is 12.9. The summed E-state index contributed by atoms with van der Waals surface area (Å²) in [7, 11) is -6.20. The van der Waals surface area contributed by atoms with Gasteiger partial charge < -0.3 is 0 Å². The number of nitrogens with one attached hydrogen (secondary N) is 1. The van der Waals surface area contributed by atoms with Crippen molar-refractivity contribution >= 4 is 60.5 Å². The Hall–Kier alpha value is -1.88. The Kier molecular flexibility index (Phi) is 9.88. The third-order valence-electron chi connectivity index (χ3n) is 5.84. The average Bonchev–Trinajstić information content (AvgIpc) is 2.84. The summed E-state index contributed by atoms with van der Waals surface area (Å²) >= 11 is 18.6. The molecule has 1 unspecified atom stereocenters. The molecule has 0 heterocycles. The minimum atomic E-state index is -4.18. The molecule has 0 aromatic heterocycles. The minimum Gasteiger partial charge on any atom is -0.258 e. The Morgan fingerprint density at radius 3 is 2.19 bits per heavy atom. The van der Waals surface area contributed by atoms with Crippen LogP contribution in [0.4, 0.5) is 10.1 Å². The van der Waals surface area contributed by atoms with E-state index in [4.69, 9.17) is 34.8 Å². The second-order valence-corrected chi connectivity index (χ2v) is 13.5. The Labute approximate surface area is 232 Å². The van der Waals surface area contributed by atoms with Crippen LogP contribution in [-0.4, -0.2) is 29.6 Å². The molecule has 0 aliphatic carbocycles. The standard InChI is InChI=1S/C25H26Cl3FN2O4S2/c1-17(23-12-9-21(29)15-18(23)5-3-4-14-36(32,33)30-2)31(25-16-20(27)8-13-24(25)28)37(34,35)22-10-6-19(26)7-11-22/h6-13,15-17,30H,3-5,14H2,1-2H3. The number of benzene rings is 3. The fourth-order valence-corrected chi connectivity index (χ4v) is 6.94. The molecule has 3 aromatic carbocycles. The summed E-state index contributed by atoms with van der Waals surface area (Å²) in [5.41, 5.74) is 1.27. The molecular formula is C25H26Cl3FN2O4S2. The van der Waals surface area contributed by atoms with Gasteiger partial charge in [0.05, 0.1) is 27.4 Å². The smallest absolute Gasteiger partial charge is 0.258 e. The number of rotatable bonds is 11. The van der Waals surface area contributed by atoms with Crippen LogP contribution in [0.1, 0.15) is 36.9 Å². The van der Waals surface area contributed by atoms with Gasteiger partial charge in [-0.05, 0) is 99.0 Å². The van der Waals surface area contributed by atoms with Crippen LogP contribution < -0.4 is 9.03 Å². The van der Waals surface area contributed by atoms with Crippen molar-refractivity contribution in [2.24, 2.45) is 0 Å². The summed E-state index contributed by atoms with van der Waals surface area (Å²) in [6.07, 6.45) is 1.14. The zero-order valence-electron chi connectivity index (χ0n) is 20.1. The molecule has 0 aliphatic rings. The van der Waals surface area contributed by atoms with E-state index in [0.717, 1.165) is 4.31 Å². The number of hydrogen-bond acceptors (Lipinski definition) is 4. The Morgan fingerprint density at radius 2 is 1.54 bits per heavy atom. The Morgan fingerprint density at radius 1 is 0.892 bits per heavy atom. The van der Waals surface area contributed by atoms with Gasteiger partial charge in [-0.25, -0.2) is 25.9 Å². The van der Waals surface area contributed by atoms with Gasteiger partial charge in [0.25, 0.3) is 10.0 Å². The molecule has 0 saturated carbocycles. The Balaban J connectivity index is 2.07. The first-order chi connectivity index (χ1) is 17.4. The molecule has 3 rings (SSSR count). The molecule has 0 amide bonds. The maximum absolute atomic E-state index is 14.3. The summed E-state index contributed by atoms with van der Waals surface area (Å²) < 4.78 is 69.0. The van der Waals surface area contributed by atoms with Crippen LogP contribution in [0.2, 0.25) is 15.1 Å². The number of nitrogens with zero attached hydrogens (tertiary/aromatic N) is 1. The van der Waals surface area contributed by atoms with Gasteiger partial charge in [-0.2, -0.15) is 0 Å². The van der Waals surface area contributed by atoms with Crippen LogP contribution in [0.5, 0.6) is 0 Å². The highest BCUT2D eigenvalue weighted by Gasteiger charge is 2.33. The predicted octanol–water partition coefficient (Wildman–Crippen LogP) is 6.61. The van der Waals surface area contributed by atoms with Gasteiger partial charge in [0.1, 0.15) is 5.82 Å². The fourth-order valence-electron chi connectivity index (χ4n) is 3.96. The number of anilines is 1. The van der Waals surface area contributed by atoms with Crippen molar-refractivity contribution in [2.45, 2.75) is 37.1 Å². The van der Waals surface area contributed by atoms with Gasteiger partial charge >= 0.3 is 0 Å². The topological polar surface area (TPSA) is 83.6 Å². The van der Waals surface area contributed by atoms with Crippen molar-refractivity contribution in [3.8, 4) is 0 Å². The van der Waals surface area contributed by atoms with Crippen LogP contribution in [0, 0.1) is 5.82 Å². The first kappa shape index (κ1) is 29.7. The fraction of sp³-hybridized carbons (Fsp3) is 0.280. The molecular weight excluding hydrogens is 582 g/mol. The maximum Gasteiger partial charge on any atom is 0.264 e. The average molecular weight is 608 g/mol. The van der Waals surface area contributed by atoms with Gasteiger partial charge in [0.15, 0.2) is 0 Å². The van der Waals surface area contributed by atoms with Gasteiger partial charge in [-0.1, -0.05) is 40.9 Å².